The molecule has 154 valence electrons. The lowest BCUT2D eigenvalue weighted by Gasteiger charge is -2.09. The third-order valence-electron chi connectivity index (χ3n) is 3.48. The number of hydrogen-bond acceptors (Lipinski definition) is 8. The standard InChI is InChI=1S/C16H12N6O8/c23-13(9-5-1-3-7-11(9)21(27)28)17-19-15(25)16(26)20-18-14(24)10-6-2-4-8-12(10)22(29)30/h1-8H,(H,17,23)(H,18,24)(H,19,25)(H,20,26). The first-order valence-corrected chi connectivity index (χ1v) is 7.90. The summed E-state index contributed by atoms with van der Waals surface area (Å²) in [6.45, 7) is 0. The summed E-state index contributed by atoms with van der Waals surface area (Å²) in [5.74, 6) is -4.98. The summed E-state index contributed by atoms with van der Waals surface area (Å²) in [7, 11) is 0. The van der Waals surface area contributed by atoms with Crippen molar-refractivity contribution in [3.8, 4) is 0 Å². The molecule has 14 heteroatoms. The van der Waals surface area contributed by atoms with E-state index in [1.807, 2.05) is 10.9 Å². The Balaban J connectivity index is 1.92. The van der Waals surface area contributed by atoms with Crippen molar-refractivity contribution in [2.45, 2.75) is 0 Å². The molecule has 0 aromatic heterocycles. The molecule has 0 aliphatic carbocycles. The molecule has 0 unspecified atom stereocenters. The first-order valence-electron chi connectivity index (χ1n) is 7.90. The van der Waals surface area contributed by atoms with Gasteiger partial charge in [0.25, 0.3) is 23.2 Å². The Kier molecular flexibility index (Phi) is 6.68. The summed E-state index contributed by atoms with van der Waals surface area (Å²) in [5, 5.41) is 21.8. The van der Waals surface area contributed by atoms with E-state index in [1.54, 1.807) is 10.9 Å². The van der Waals surface area contributed by atoms with E-state index < -0.39 is 44.9 Å². The van der Waals surface area contributed by atoms with Crippen LogP contribution in [0.4, 0.5) is 11.4 Å². The molecular formula is C16H12N6O8. The van der Waals surface area contributed by atoms with Crippen molar-refractivity contribution in [2.75, 3.05) is 0 Å². The van der Waals surface area contributed by atoms with Gasteiger partial charge in [-0.1, -0.05) is 24.3 Å². The molecule has 4 amide bonds. The second kappa shape index (κ2) is 9.36. The lowest BCUT2D eigenvalue weighted by atomic mass is 10.2. The normalized spacial score (nSPS) is 9.73. The highest BCUT2D eigenvalue weighted by molar-refractivity contribution is 6.35. The van der Waals surface area contributed by atoms with Crippen molar-refractivity contribution in [3.05, 3.63) is 79.9 Å². The summed E-state index contributed by atoms with van der Waals surface area (Å²) in [4.78, 5) is 67.5. The number of amides is 4. The van der Waals surface area contributed by atoms with Gasteiger partial charge in [-0.2, -0.15) is 0 Å². The van der Waals surface area contributed by atoms with E-state index in [9.17, 15) is 39.4 Å². The van der Waals surface area contributed by atoms with Crippen molar-refractivity contribution >= 4 is 35.0 Å². The summed E-state index contributed by atoms with van der Waals surface area (Å²) in [6, 6.07) is 9.79. The summed E-state index contributed by atoms with van der Waals surface area (Å²) in [5.41, 5.74) is 5.26. The van der Waals surface area contributed by atoms with Gasteiger partial charge in [-0.3, -0.25) is 61.1 Å². The molecule has 0 bridgehead atoms. The average molecular weight is 416 g/mol. The van der Waals surface area contributed by atoms with Gasteiger partial charge in [0, 0.05) is 12.1 Å². The molecule has 0 atom stereocenters. The van der Waals surface area contributed by atoms with Gasteiger partial charge in [0.05, 0.1) is 9.85 Å². The van der Waals surface area contributed by atoms with Gasteiger partial charge < -0.3 is 0 Å². The molecule has 30 heavy (non-hydrogen) atoms. The minimum absolute atomic E-state index is 0.368. The van der Waals surface area contributed by atoms with Crippen LogP contribution in [0.1, 0.15) is 20.7 Å². The van der Waals surface area contributed by atoms with Crippen LogP contribution in [0.3, 0.4) is 0 Å². The number of rotatable bonds is 4. The molecule has 2 aromatic rings. The Bertz CT molecular complexity index is 970. The Morgan fingerprint density at radius 3 is 1.27 bits per heavy atom. The van der Waals surface area contributed by atoms with Crippen molar-refractivity contribution in [3.63, 3.8) is 0 Å². The smallest absolute Gasteiger partial charge is 0.267 e. The number of carbonyl (C=O) groups is 4. The lowest BCUT2D eigenvalue weighted by molar-refractivity contribution is -0.385. The number of nitro groups is 2. The molecule has 2 aromatic carbocycles. The van der Waals surface area contributed by atoms with E-state index in [-0.39, 0.29) is 11.1 Å². The van der Waals surface area contributed by atoms with E-state index in [1.165, 1.54) is 24.3 Å². The molecule has 0 saturated heterocycles. The van der Waals surface area contributed by atoms with Crippen LogP contribution >= 0.6 is 0 Å². The number of hydrogen-bond donors (Lipinski definition) is 4. The maximum Gasteiger partial charge on any atom is 0.329 e. The van der Waals surface area contributed by atoms with E-state index in [0.717, 1.165) is 24.3 Å². The molecule has 0 fully saturated rings. The molecule has 0 aliphatic rings. The fourth-order valence-electron chi connectivity index (χ4n) is 2.12. The Morgan fingerprint density at radius 2 is 0.933 bits per heavy atom. The molecule has 14 nitrogen and oxygen atoms in total. The molecule has 0 radical (unpaired) electrons. The minimum atomic E-state index is -1.43. The Morgan fingerprint density at radius 1 is 0.600 bits per heavy atom. The zero-order chi connectivity index (χ0) is 22.3. The van der Waals surface area contributed by atoms with E-state index in [0.29, 0.717) is 0 Å². The van der Waals surface area contributed by atoms with E-state index >= 15 is 0 Å². The molecule has 0 aliphatic heterocycles. The Labute approximate surface area is 166 Å². The van der Waals surface area contributed by atoms with Crippen LogP contribution in [0.5, 0.6) is 0 Å². The van der Waals surface area contributed by atoms with Crippen molar-refractivity contribution < 1.29 is 29.0 Å². The number of para-hydroxylation sites is 2. The lowest BCUT2D eigenvalue weighted by Crippen LogP contribution is -2.52. The molecule has 0 saturated carbocycles. The highest BCUT2D eigenvalue weighted by atomic mass is 16.6. The van der Waals surface area contributed by atoms with Crippen LogP contribution in [0, 0.1) is 20.2 Å². The number of nitrogens with zero attached hydrogens (tertiary/aromatic N) is 2. The van der Waals surface area contributed by atoms with Gasteiger partial charge in [0.15, 0.2) is 0 Å². The predicted molar refractivity (Wildman–Crippen MR) is 97.4 cm³/mol. The first-order chi connectivity index (χ1) is 14.2. The molecule has 2 rings (SSSR count). The van der Waals surface area contributed by atoms with Gasteiger partial charge in [0.1, 0.15) is 11.1 Å². The largest absolute Gasteiger partial charge is 0.329 e. The number of nitrogens with one attached hydrogen (secondary N) is 4. The highest BCUT2D eigenvalue weighted by Crippen LogP contribution is 2.17. The van der Waals surface area contributed by atoms with Crippen molar-refractivity contribution in [1.82, 2.24) is 21.7 Å². The van der Waals surface area contributed by atoms with Crippen molar-refractivity contribution in [2.24, 2.45) is 0 Å². The van der Waals surface area contributed by atoms with Crippen molar-refractivity contribution in [1.29, 1.82) is 0 Å². The predicted octanol–water partition coefficient (Wildman–Crippen LogP) is -0.275. The van der Waals surface area contributed by atoms with Gasteiger partial charge >= 0.3 is 11.8 Å². The quantitative estimate of drug-likeness (QED) is 0.296. The molecule has 4 N–H and O–H groups in total. The fraction of sp³-hybridized carbons (Fsp3) is 0. The zero-order valence-corrected chi connectivity index (χ0v) is 14.8. The maximum atomic E-state index is 12.0. The van der Waals surface area contributed by atoms with Crippen LogP contribution in [0.2, 0.25) is 0 Å². The van der Waals surface area contributed by atoms with E-state index in [4.69, 9.17) is 0 Å². The minimum Gasteiger partial charge on any atom is -0.267 e. The third-order valence-corrected chi connectivity index (χ3v) is 3.48. The third kappa shape index (κ3) is 5.10. The average Bonchev–Trinajstić information content (AvgIpc) is 2.75. The highest BCUT2D eigenvalue weighted by Gasteiger charge is 2.23. The maximum absolute atomic E-state index is 12.0. The topological polar surface area (TPSA) is 203 Å². The van der Waals surface area contributed by atoms with E-state index in [2.05, 4.69) is 0 Å². The molecular weight excluding hydrogens is 404 g/mol. The summed E-state index contributed by atoms with van der Waals surface area (Å²) >= 11 is 0. The number of nitro benzene ring substituents is 2. The van der Waals surface area contributed by atoms with Crippen LogP contribution in [-0.4, -0.2) is 33.5 Å². The van der Waals surface area contributed by atoms with Gasteiger partial charge in [-0.15, -0.1) is 0 Å². The van der Waals surface area contributed by atoms with Gasteiger partial charge in [0.2, 0.25) is 0 Å². The van der Waals surface area contributed by atoms with Crippen LogP contribution in [0.15, 0.2) is 48.5 Å². The fourth-order valence-corrected chi connectivity index (χ4v) is 2.12. The van der Waals surface area contributed by atoms with Gasteiger partial charge in [-0.25, -0.2) is 0 Å². The summed E-state index contributed by atoms with van der Waals surface area (Å²) < 4.78 is 0. The SMILES string of the molecule is O=C(NNC(=O)c1ccccc1[N+](=O)[O-])C(=O)NNC(=O)c1ccccc1[N+](=O)[O-]. The van der Waals surface area contributed by atoms with Crippen LogP contribution in [0.25, 0.3) is 0 Å². The van der Waals surface area contributed by atoms with Crippen LogP contribution < -0.4 is 21.7 Å². The monoisotopic (exact) mass is 416 g/mol. The van der Waals surface area contributed by atoms with Gasteiger partial charge in [-0.05, 0) is 12.1 Å². The first kappa shape index (κ1) is 21.4. The second-order valence-electron chi connectivity index (χ2n) is 5.37. The zero-order valence-electron chi connectivity index (χ0n) is 14.8. The molecule has 0 heterocycles. The Hall–Kier alpha value is -4.88. The van der Waals surface area contributed by atoms with Crippen LogP contribution in [-0.2, 0) is 9.59 Å². The summed E-state index contributed by atoms with van der Waals surface area (Å²) in [6.07, 6.45) is 0. The number of benzene rings is 2. The second-order valence-corrected chi connectivity index (χ2v) is 5.37. The number of hydrazine groups is 2. The number of carbonyl (C=O) groups excluding carboxylic acids is 4. The molecule has 0 spiro atoms.